The van der Waals surface area contributed by atoms with Gasteiger partial charge in [-0.1, -0.05) is 12.1 Å². The van der Waals surface area contributed by atoms with Gasteiger partial charge in [-0.15, -0.1) is 13.2 Å². The number of amides is 1. The van der Waals surface area contributed by atoms with Gasteiger partial charge in [-0.05, 0) is 26.0 Å². The van der Waals surface area contributed by atoms with Crippen LogP contribution in [0.3, 0.4) is 0 Å². The molecule has 1 aromatic carbocycles. The van der Waals surface area contributed by atoms with Crippen molar-refractivity contribution in [2.75, 3.05) is 42.9 Å². The molecule has 10 heteroatoms. The summed E-state index contributed by atoms with van der Waals surface area (Å²) < 4.78 is 41.8. The Balaban J connectivity index is 1.69. The molecule has 0 atom stereocenters. The van der Waals surface area contributed by atoms with Crippen molar-refractivity contribution < 1.29 is 22.7 Å². The third kappa shape index (κ3) is 5.27. The average molecular weight is 409 g/mol. The van der Waals surface area contributed by atoms with Crippen LogP contribution >= 0.6 is 0 Å². The molecule has 0 bridgehead atoms. The van der Waals surface area contributed by atoms with Gasteiger partial charge >= 0.3 is 6.36 Å². The number of ether oxygens (including phenoxy) is 1. The van der Waals surface area contributed by atoms with Crippen molar-refractivity contribution in [3.05, 3.63) is 41.6 Å². The number of nitrogens with zero attached hydrogens (tertiary/aromatic N) is 4. The molecule has 1 amide bonds. The Bertz CT molecular complexity index is 867. The highest BCUT2D eigenvalue weighted by Gasteiger charge is 2.34. The SMILES string of the molecule is CCNc1nc(C)cc(N2CCN(C(=O)c3ccccc3OC(F)(F)F)CC2)n1. The zero-order chi connectivity index (χ0) is 21.0. The minimum absolute atomic E-state index is 0.106. The number of halogens is 3. The molecule has 29 heavy (non-hydrogen) atoms. The predicted octanol–water partition coefficient (Wildman–Crippen LogP) is 3.08. The maximum atomic E-state index is 12.8. The summed E-state index contributed by atoms with van der Waals surface area (Å²) in [7, 11) is 0. The number of piperazine rings is 1. The van der Waals surface area contributed by atoms with Crippen molar-refractivity contribution in [2.45, 2.75) is 20.2 Å². The highest BCUT2D eigenvalue weighted by Crippen LogP contribution is 2.27. The number of hydrogen-bond acceptors (Lipinski definition) is 6. The van der Waals surface area contributed by atoms with Crippen LogP contribution in [0.2, 0.25) is 0 Å². The van der Waals surface area contributed by atoms with Crippen LogP contribution in [0.5, 0.6) is 5.75 Å². The number of alkyl halides is 3. The lowest BCUT2D eigenvalue weighted by molar-refractivity contribution is -0.274. The molecular formula is C19H22F3N5O2. The summed E-state index contributed by atoms with van der Waals surface area (Å²) in [4.78, 5) is 25.1. The number of rotatable bonds is 5. The molecule has 2 heterocycles. The molecule has 3 rings (SSSR count). The first-order valence-corrected chi connectivity index (χ1v) is 9.25. The molecule has 0 radical (unpaired) electrons. The lowest BCUT2D eigenvalue weighted by atomic mass is 10.1. The number of aromatic nitrogens is 2. The number of nitrogens with one attached hydrogen (secondary N) is 1. The second-order valence-corrected chi connectivity index (χ2v) is 6.54. The molecule has 0 spiro atoms. The van der Waals surface area contributed by atoms with E-state index < -0.39 is 18.0 Å². The largest absolute Gasteiger partial charge is 0.573 e. The highest BCUT2D eigenvalue weighted by atomic mass is 19.4. The summed E-state index contributed by atoms with van der Waals surface area (Å²) in [6, 6.07) is 7.26. The first kappa shape index (κ1) is 20.7. The zero-order valence-corrected chi connectivity index (χ0v) is 16.2. The lowest BCUT2D eigenvalue weighted by Crippen LogP contribution is -2.49. The summed E-state index contributed by atoms with van der Waals surface area (Å²) in [6.45, 7) is 6.27. The van der Waals surface area contributed by atoms with E-state index in [4.69, 9.17) is 0 Å². The minimum Gasteiger partial charge on any atom is -0.405 e. The van der Waals surface area contributed by atoms with Gasteiger partial charge in [0.25, 0.3) is 5.91 Å². The fourth-order valence-corrected chi connectivity index (χ4v) is 3.12. The van der Waals surface area contributed by atoms with E-state index >= 15 is 0 Å². The van der Waals surface area contributed by atoms with E-state index in [0.717, 1.165) is 17.6 Å². The van der Waals surface area contributed by atoms with Crippen LogP contribution in [-0.4, -0.2) is 59.9 Å². The van der Waals surface area contributed by atoms with Gasteiger partial charge in [0, 0.05) is 44.5 Å². The van der Waals surface area contributed by atoms with E-state index in [-0.39, 0.29) is 5.56 Å². The van der Waals surface area contributed by atoms with Gasteiger partial charge in [-0.3, -0.25) is 4.79 Å². The topological polar surface area (TPSA) is 70.6 Å². The molecule has 0 aliphatic carbocycles. The molecule has 1 fully saturated rings. The summed E-state index contributed by atoms with van der Waals surface area (Å²) >= 11 is 0. The summed E-state index contributed by atoms with van der Waals surface area (Å²) in [5, 5.41) is 3.08. The number of benzene rings is 1. The van der Waals surface area contributed by atoms with Crippen LogP contribution in [0, 0.1) is 6.92 Å². The minimum atomic E-state index is -4.86. The maximum Gasteiger partial charge on any atom is 0.573 e. The Morgan fingerprint density at radius 1 is 1.17 bits per heavy atom. The molecule has 7 nitrogen and oxygen atoms in total. The van der Waals surface area contributed by atoms with Gasteiger partial charge in [0.15, 0.2) is 0 Å². The van der Waals surface area contributed by atoms with Crippen molar-refractivity contribution in [1.82, 2.24) is 14.9 Å². The van der Waals surface area contributed by atoms with E-state index in [1.54, 1.807) is 0 Å². The van der Waals surface area contributed by atoms with Crippen LogP contribution in [0.1, 0.15) is 23.0 Å². The Labute approximate surface area is 166 Å². The number of anilines is 2. The fourth-order valence-electron chi connectivity index (χ4n) is 3.12. The van der Waals surface area contributed by atoms with Gasteiger partial charge < -0.3 is 19.9 Å². The Morgan fingerprint density at radius 2 is 1.86 bits per heavy atom. The number of aryl methyl sites for hydroxylation is 1. The van der Waals surface area contributed by atoms with Crippen LogP contribution in [0.4, 0.5) is 24.9 Å². The number of carbonyl (C=O) groups is 1. The molecule has 156 valence electrons. The molecule has 1 saturated heterocycles. The Kier molecular flexibility index (Phi) is 6.09. The van der Waals surface area contributed by atoms with Crippen LogP contribution in [0.15, 0.2) is 30.3 Å². The molecule has 2 aromatic rings. The van der Waals surface area contributed by atoms with Crippen molar-refractivity contribution >= 4 is 17.7 Å². The molecule has 0 unspecified atom stereocenters. The van der Waals surface area contributed by atoms with Crippen molar-refractivity contribution in [2.24, 2.45) is 0 Å². The normalized spacial score (nSPS) is 14.7. The summed E-state index contributed by atoms with van der Waals surface area (Å²) in [5.41, 5.74) is 0.716. The average Bonchev–Trinajstić information content (AvgIpc) is 2.67. The number of carbonyl (C=O) groups excluding carboxylic acids is 1. The Morgan fingerprint density at radius 3 is 2.52 bits per heavy atom. The number of hydrogen-bond donors (Lipinski definition) is 1. The highest BCUT2D eigenvalue weighted by molar-refractivity contribution is 5.97. The monoisotopic (exact) mass is 409 g/mol. The van der Waals surface area contributed by atoms with E-state index in [2.05, 4.69) is 20.0 Å². The molecular weight excluding hydrogens is 387 g/mol. The van der Waals surface area contributed by atoms with Gasteiger partial charge in [-0.25, -0.2) is 4.98 Å². The molecule has 1 aliphatic rings. The van der Waals surface area contributed by atoms with Gasteiger partial charge in [0.05, 0.1) is 5.56 Å². The zero-order valence-electron chi connectivity index (χ0n) is 16.2. The van der Waals surface area contributed by atoms with E-state index in [1.165, 1.54) is 23.1 Å². The first-order chi connectivity index (χ1) is 13.8. The standard InChI is InChI=1S/C19H22F3N5O2/c1-3-23-18-24-13(2)12-16(25-18)26-8-10-27(11-9-26)17(28)14-6-4-5-7-15(14)29-19(20,21)22/h4-7,12H,3,8-11H2,1-2H3,(H,23,24,25). The number of para-hydroxylation sites is 1. The van der Waals surface area contributed by atoms with E-state index in [0.29, 0.717) is 38.7 Å². The maximum absolute atomic E-state index is 12.8. The lowest BCUT2D eigenvalue weighted by Gasteiger charge is -2.35. The molecule has 1 aromatic heterocycles. The van der Waals surface area contributed by atoms with E-state index in [9.17, 15) is 18.0 Å². The third-order valence-corrected chi connectivity index (χ3v) is 4.41. The predicted molar refractivity (Wildman–Crippen MR) is 102 cm³/mol. The molecule has 1 N–H and O–H groups in total. The van der Waals surface area contributed by atoms with Gasteiger partial charge in [0.2, 0.25) is 5.95 Å². The molecule has 0 saturated carbocycles. The first-order valence-electron chi connectivity index (χ1n) is 9.25. The van der Waals surface area contributed by atoms with Crippen LogP contribution in [0.25, 0.3) is 0 Å². The van der Waals surface area contributed by atoms with Crippen molar-refractivity contribution in [1.29, 1.82) is 0 Å². The van der Waals surface area contributed by atoms with Crippen LogP contribution < -0.4 is 15.0 Å². The van der Waals surface area contributed by atoms with Crippen molar-refractivity contribution in [3.8, 4) is 5.75 Å². The second-order valence-electron chi connectivity index (χ2n) is 6.54. The van der Waals surface area contributed by atoms with E-state index in [1.807, 2.05) is 24.8 Å². The third-order valence-electron chi connectivity index (χ3n) is 4.41. The Hall–Kier alpha value is -3.04. The van der Waals surface area contributed by atoms with Gasteiger partial charge in [0.1, 0.15) is 11.6 Å². The van der Waals surface area contributed by atoms with Gasteiger partial charge in [-0.2, -0.15) is 4.98 Å². The quantitative estimate of drug-likeness (QED) is 0.819. The van der Waals surface area contributed by atoms with Crippen LogP contribution in [-0.2, 0) is 0 Å². The smallest absolute Gasteiger partial charge is 0.405 e. The fraction of sp³-hybridized carbons (Fsp3) is 0.421. The summed E-state index contributed by atoms with van der Waals surface area (Å²) in [5.74, 6) is 0.312. The molecule has 1 aliphatic heterocycles. The second kappa shape index (κ2) is 8.54. The van der Waals surface area contributed by atoms with Crippen molar-refractivity contribution in [3.63, 3.8) is 0 Å². The summed E-state index contributed by atoms with van der Waals surface area (Å²) in [6.07, 6.45) is -4.86.